The molecule has 1 aromatic heterocycles. The van der Waals surface area contributed by atoms with Gasteiger partial charge in [-0.2, -0.15) is 0 Å². The molecule has 6 heteroatoms. The molecule has 1 aromatic rings. The first-order chi connectivity index (χ1) is 8.01. The lowest BCUT2D eigenvalue weighted by Crippen LogP contribution is -2.21. The smallest absolute Gasteiger partial charge is 0.205 e. The highest BCUT2D eigenvalue weighted by molar-refractivity contribution is 7.15. The van der Waals surface area contributed by atoms with E-state index >= 15 is 0 Å². The van der Waals surface area contributed by atoms with E-state index in [9.17, 15) is 0 Å². The van der Waals surface area contributed by atoms with E-state index in [1.807, 2.05) is 27.7 Å². The Balaban J connectivity index is 2.13. The van der Waals surface area contributed by atoms with E-state index in [1.165, 1.54) is 11.3 Å². The van der Waals surface area contributed by atoms with Gasteiger partial charge in [0, 0.05) is 6.54 Å². The van der Waals surface area contributed by atoms with Crippen LogP contribution in [0.1, 0.15) is 32.7 Å². The molecule has 0 atom stereocenters. The summed E-state index contributed by atoms with van der Waals surface area (Å²) in [6.45, 7) is 10.6. The number of nitrogens with zero attached hydrogens (tertiary/aromatic N) is 2. The van der Waals surface area contributed by atoms with Crippen molar-refractivity contribution >= 4 is 16.5 Å². The Morgan fingerprint density at radius 3 is 2.65 bits per heavy atom. The Morgan fingerprint density at radius 1 is 1.24 bits per heavy atom. The second-order valence-electron chi connectivity index (χ2n) is 4.54. The SMILES string of the molecule is CCNc1nnc(COCCOC(C)(C)C)s1. The molecule has 0 aliphatic rings. The van der Waals surface area contributed by atoms with Gasteiger partial charge in [0.1, 0.15) is 11.6 Å². The highest BCUT2D eigenvalue weighted by Gasteiger charge is 2.09. The summed E-state index contributed by atoms with van der Waals surface area (Å²) in [6, 6.07) is 0. The number of anilines is 1. The van der Waals surface area contributed by atoms with Gasteiger partial charge in [-0.1, -0.05) is 11.3 Å². The first-order valence-electron chi connectivity index (χ1n) is 5.79. The number of hydrogen-bond acceptors (Lipinski definition) is 6. The Bertz CT molecular complexity index is 323. The highest BCUT2D eigenvalue weighted by atomic mass is 32.1. The predicted molar refractivity (Wildman–Crippen MR) is 69.4 cm³/mol. The Morgan fingerprint density at radius 2 is 2.00 bits per heavy atom. The van der Waals surface area contributed by atoms with Crippen molar-refractivity contribution < 1.29 is 9.47 Å². The van der Waals surface area contributed by atoms with Gasteiger partial charge in [0.15, 0.2) is 0 Å². The molecule has 0 saturated heterocycles. The summed E-state index contributed by atoms with van der Waals surface area (Å²) < 4.78 is 11.0. The topological polar surface area (TPSA) is 56.3 Å². The van der Waals surface area contributed by atoms with Crippen LogP contribution in [0.5, 0.6) is 0 Å². The summed E-state index contributed by atoms with van der Waals surface area (Å²) in [5, 5.41) is 12.9. The van der Waals surface area contributed by atoms with E-state index in [-0.39, 0.29) is 5.60 Å². The number of hydrogen-bond donors (Lipinski definition) is 1. The fourth-order valence-corrected chi connectivity index (χ4v) is 1.85. The standard InChI is InChI=1S/C11H21N3O2S/c1-5-12-10-14-13-9(17-10)8-15-6-7-16-11(2,3)4/h5-8H2,1-4H3,(H,12,14). The van der Waals surface area contributed by atoms with Crippen molar-refractivity contribution in [2.24, 2.45) is 0 Å². The number of nitrogens with one attached hydrogen (secondary N) is 1. The fraction of sp³-hybridized carbons (Fsp3) is 0.818. The van der Waals surface area contributed by atoms with Gasteiger partial charge in [-0.05, 0) is 27.7 Å². The van der Waals surface area contributed by atoms with E-state index in [2.05, 4.69) is 15.5 Å². The maximum absolute atomic E-state index is 5.54. The van der Waals surface area contributed by atoms with Crippen molar-refractivity contribution in [3.63, 3.8) is 0 Å². The van der Waals surface area contributed by atoms with Gasteiger partial charge >= 0.3 is 0 Å². The Kier molecular flexibility index (Phi) is 5.80. The van der Waals surface area contributed by atoms with Crippen LogP contribution in [0.15, 0.2) is 0 Å². The van der Waals surface area contributed by atoms with Crippen molar-refractivity contribution in [1.82, 2.24) is 10.2 Å². The van der Waals surface area contributed by atoms with Crippen LogP contribution in [-0.4, -0.2) is 35.6 Å². The molecular formula is C11H21N3O2S. The van der Waals surface area contributed by atoms with Crippen molar-refractivity contribution in [3.05, 3.63) is 5.01 Å². The highest BCUT2D eigenvalue weighted by Crippen LogP contribution is 2.15. The van der Waals surface area contributed by atoms with E-state index < -0.39 is 0 Å². The molecule has 0 saturated carbocycles. The molecule has 0 spiro atoms. The minimum Gasteiger partial charge on any atom is -0.373 e. The molecule has 1 N–H and O–H groups in total. The van der Waals surface area contributed by atoms with Gasteiger partial charge < -0.3 is 14.8 Å². The van der Waals surface area contributed by atoms with Gasteiger partial charge in [-0.25, -0.2) is 0 Å². The van der Waals surface area contributed by atoms with Crippen molar-refractivity contribution in [2.45, 2.75) is 39.9 Å². The lowest BCUT2D eigenvalue weighted by Gasteiger charge is -2.19. The molecule has 0 amide bonds. The maximum Gasteiger partial charge on any atom is 0.205 e. The normalized spacial score (nSPS) is 11.8. The zero-order chi connectivity index (χ0) is 12.7. The lowest BCUT2D eigenvalue weighted by molar-refractivity contribution is -0.0377. The summed E-state index contributed by atoms with van der Waals surface area (Å²) >= 11 is 1.52. The van der Waals surface area contributed by atoms with Crippen LogP contribution in [0.25, 0.3) is 0 Å². The van der Waals surface area contributed by atoms with Crippen LogP contribution in [0, 0.1) is 0 Å². The molecule has 0 aromatic carbocycles. The average molecular weight is 259 g/mol. The maximum atomic E-state index is 5.54. The van der Waals surface area contributed by atoms with E-state index in [0.29, 0.717) is 19.8 Å². The summed E-state index contributed by atoms with van der Waals surface area (Å²) in [5.41, 5.74) is -0.107. The third kappa shape index (κ3) is 6.55. The first kappa shape index (κ1) is 14.3. The average Bonchev–Trinajstić information content (AvgIpc) is 2.64. The molecule has 0 radical (unpaired) electrons. The Hall–Kier alpha value is -0.720. The number of aromatic nitrogens is 2. The van der Waals surface area contributed by atoms with Gasteiger partial charge in [0.05, 0.1) is 18.8 Å². The molecule has 1 heterocycles. The fourth-order valence-electron chi connectivity index (χ4n) is 1.10. The van der Waals surface area contributed by atoms with Crippen molar-refractivity contribution in [3.8, 4) is 0 Å². The van der Waals surface area contributed by atoms with E-state index in [0.717, 1.165) is 16.7 Å². The summed E-state index contributed by atoms with van der Waals surface area (Å²) in [4.78, 5) is 0. The summed E-state index contributed by atoms with van der Waals surface area (Å²) in [7, 11) is 0. The minimum atomic E-state index is -0.107. The van der Waals surface area contributed by atoms with Crippen LogP contribution in [0.4, 0.5) is 5.13 Å². The third-order valence-electron chi connectivity index (χ3n) is 1.78. The molecular weight excluding hydrogens is 238 g/mol. The zero-order valence-corrected chi connectivity index (χ0v) is 11.8. The molecule has 0 aliphatic carbocycles. The second-order valence-corrected chi connectivity index (χ2v) is 5.61. The minimum absolute atomic E-state index is 0.107. The van der Waals surface area contributed by atoms with E-state index in [1.54, 1.807) is 0 Å². The molecule has 0 unspecified atom stereocenters. The van der Waals surface area contributed by atoms with E-state index in [4.69, 9.17) is 9.47 Å². The quantitative estimate of drug-likeness (QED) is 0.761. The predicted octanol–water partition coefficient (Wildman–Crippen LogP) is 2.30. The zero-order valence-electron chi connectivity index (χ0n) is 10.9. The summed E-state index contributed by atoms with van der Waals surface area (Å²) in [6.07, 6.45) is 0. The molecule has 0 fully saturated rings. The van der Waals surface area contributed by atoms with Crippen molar-refractivity contribution in [1.29, 1.82) is 0 Å². The van der Waals surface area contributed by atoms with Gasteiger partial charge in [0.2, 0.25) is 5.13 Å². The second kappa shape index (κ2) is 6.88. The molecule has 98 valence electrons. The largest absolute Gasteiger partial charge is 0.373 e. The molecule has 17 heavy (non-hydrogen) atoms. The molecule has 5 nitrogen and oxygen atoms in total. The van der Waals surface area contributed by atoms with Crippen LogP contribution in [-0.2, 0) is 16.1 Å². The monoisotopic (exact) mass is 259 g/mol. The molecule has 0 bridgehead atoms. The van der Waals surface area contributed by atoms with Crippen LogP contribution >= 0.6 is 11.3 Å². The lowest BCUT2D eigenvalue weighted by atomic mass is 10.2. The number of ether oxygens (including phenoxy) is 2. The summed E-state index contributed by atoms with van der Waals surface area (Å²) in [5.74, 6) is 0. The first-order valence-corrected chi connectivity index (χ1v) is 6.61. The van der Waals surface area contributed by atoms with Gasteiger partial charge in [0.25, 0.3) is 0 Å². The van der Waals surface area contributed by atoms with Crippen LogP contribution in [0.2, 0.25) is 0 Å². The van der Waals surface area contributed by atoms with Gasteiger partial charge in [-0.3, -0.25) is 0 Å². The van der Waals surface area contributed by atoms with Crippen molar-refractivity contribution in [2.75, 3.05) is 25.1 Å². The number of rotatable bonds is 7. The van der Waals surface area contributed by atoms with Crippen LogP contribution in [0.3, 0.4) is 0 Å². The third-order valence-corrected chi connectivity index (χ3v) is 2.64. The Labute approximate surface area is 107 Å². The molecule has 1 rings (SSSR count). The van der Waals surface area contributed by atoms with Crippen LogP contribution < -0.4 is 5.32 Å². The van der Waals surface area contributed by atoms with Gasteiger partial charge in [-0.15, -0.1) is 10.2 Å². The molecule has 0 aliphatic heterocycles.